The van der Waals surface area contributed by atoms with Crippen LogP contribution in [-0.2, 0) is 26.2 Å². The maximum Gasteiger partial charge on any atom is 0.407 e. The molecule has 0 saturated heterocycles. The SMILES string of the molecule is Cc1ccc(S(=O)(=O)NN(CC(C)C)C(=O)CCCCCNC(=O)OCc2ccccc2)cc1. The van der Waals surface area contributed by atoms with Gasteiger partial charge in [-0.05, 0) is 43.4 Å². The summed E-state index contributed by atoms with van der Waals surface area (Å²) in [5.41, 5.74) is 1.87. The maximum atomic E-state index is 12.7. The van der Waals surface area contributed by atoms with E-state index < -0.39 is 16.1 Å². The Bertz CT molecular complexity index is 1010. The number of benzene rings is 2. The minimum Gasteiger partial charge on any atom is -0.445 e. The van der Waals surface area contributed by atoms with Crippen molar-refractivity contribution >= 4 is 22.0 Å². The molecule has 0 radical (unpaired) electrons. The molecule has 2 rings (SSSR count). The van der Waals surface area contributed by atoms with Crippen LogP contribution in [0.5, 0.6) is 0 Å². The number of carbonyl (C=O) groups excluding carboxylic acids is 2. The maximum absolute atomic E-state index is 12.7. The van der Waals surface area contributed by atoms with Crippen LogP contribution in [0.2, 0.25) is 0 Å². The molecule has 186 valence electrons. The third-order valence-corrected chi connectivity index (χ3v) is 6.31. The van der Waals surface area contributed by atoms with Crippen molar-refractivity contribution in [2.75, 3.05) is 13.1 Å². The van der Waals surface area contributed by atoms with Crippen molar-refractivity contribution in [1.82, 2.24) is 15.2 Å². The van der Waals surface area contributed by atoms with Gasteiger partial charge in [-0.1, -0.05) is 68.3 Å². The number of hydrazine groups is 1. The molecule has 0 heterocycles. The van der Waals surface area contributed by atoms with Crippen LogP contribution in [0.4, 0.5) is 4.79 Å². The fourth-order valence-corrected chi connectivity index (χ4v) is 4.21. The van der Waals surface area contributed by atoms with Gasteiger partial charge in [0.25, 0.3) is 10.0 Å². The Balaban J connectivity index is 1.72. The largest absolute Gasteiger partial charge is 0.445 e. The van der Waals surface area contributed by atoms with Crippen LogP contribution in [0.25, 0.3) is 0 Å². The van der Waals surface area contributed by atoms with Crippen LogP contribution in [0, 0.1) is 12.8 Å². The lowest BCUT2D eigenvalue weighted by Gasteiger charge is -2.25. The Morgan fingerprint density at radius 3 is 2.29 bits per heavy atom. The molecule has 0 bridgehead atoms. The fraction of sp³-hybridized carbons (Fsp3) is 0.440. The third kappa shape index (κ3) is 9.93. The molecule has 2 aromatic carbocycles. The highest BCUT2D eigenvalue weighted by Crippen LogP contribution is 2.12. The van der Waals surface area contributed by atoms with Gasteiger partial charge in [0.2, 0.25) is 5.91 Å². The summed E-state index contributed by atoms with van der Waals surface area (Å²) in [5, 5.41) is 3.89. The third-order valence-electron chi connectivity index (χ3n) is 4.96. The Morgan fingerprint density at radius 2 is 1.65 bits per heavy atom. The first kappa shape index (κ1) is 27.3. The van der Waals surface area contributed by atoms with Crippen molar-refractivity contribution < 1.29 is 22.7 Å². The van der Waals surface area contributed by atoms with Crippen LogP contribution in [0.3, 0.4) is 0 Å². The standard InChI is InChI=1S/C25H35N3O5S/c1-20(2)18-28(27-34(31,32)23-15-13-21(3)14-16-23)24(29)12-8-5-9-17-26-25(30)33-19-22-10-6-4-7-11-22/h4,6-7,10-11,13-16,20,27H,5,8-9,12,17-19H2,1-3H3,(H,26,30). The summed E-state index contributed by atoms with van der Waals surface area (Å²) in [6, 6.07) is 15.9. The van der Waals surface area contributed by atoms with Crippen LogP contribution in [0.1, 0.15) is 50.7 Å². The molecular weight excluding hydrogens is 454 g/mol. The van der Waals surface area contributed by atoms with Crippen molar-refractivity contribution in [3.63, 3.8) is 0 Å². The molecule has 34 heavy (non-hydrogen) atoms. The Labute approximate surface area is 202 Å². The number of nitrogens with zero attached hydrogens (tertiary/aromatic N) is 1. The van der Waals surface area contributed by atoms with E-state index in [1.54, 1.807) is 12.1 Å². The molecule has 0 saturated carbocycles. The van der Waals surface area contributed by atoms with Crippen LogP contribution >= 0.6 is 0 Å². The number of nitrogens with one attached hydrogen (secondary N) is 2. The number of alkyl carbamates (subject to hydrolysis) is 1. The smallest absolute Gasteiger partial charge is 0.407 e. The van der Waals surface area contributed by atoms with Crippen LogP contribution in [0.15, 0.2) is 59.5 Å². The van der Waals surface area contributed by atoms with Gasteiger partial charge in [-0.2, -0.15) is 0 Å². The lowest BCUT2D eigenvalue weighted by molar-refractivity contribution is -0.133. The average molecular weight is 490 g/mol. The highest BCUT2D eigenvalue weighted by Gasteiger charge is 2.22. The molecule has 2 amide bonds. The summed E-state index contributed by atoms with van der Waals surface area (Å²) in [4.78, 5) is 27.0. The van der Waals surface area contributed by atoms with Gasteiger partial charge in [0, 0.05) is 19.5 Å². The fourth-order valence-electron chi connectivity index (χ4n) is 3.15. The number of sulfonamides is 1. The first-order valence-corrected chi connectivity index (χ1v) is 13.0. The van der Waals surface area contributed by atoms with Crippen molar-refractivity contribution in [1.29, 1.82) is 0 Å². The van der Waals surface area contributed by atoms with E-state index in [1.807, 2.05) is 51.1 Å². The number of hydrogen-bond donors (Lipinski definition) is 2. The Kier molecular flexibility index (Phi) is 11.0. The summed E-state index contributed by atoms with van der Waals surface area (Å²) in [5.74, 6) is -0.185. The van der Waals surface area contributed by atoms with E-state index in [0.29, 0.717) is 25.8 Å². The number of carbonyl (C=O) groups is 2. The van der Waals surface area contributed by atoms with Gasteiger partial charge in [0.05, 0.1) is 4.90 Å². The first-order chi connectivity index (χ1) is 16.2. The van der Waals surface area contributed by atoms with Crippen molar-refractivity contribution in [2.24, 2.45) is 5.92 Å². The van der Waals surface area contributed by atoms with E-state index >= 15 is 0 Å². The molecule has 0 atom stereocenters. The Morgan fingerprint density at radius 1 is 0.971 bits per heavy atom. The van der Waals surface area contributed by atoms with Crippen molar-refractivity contribution in [2.45, 2.75) is 58.0 Å². The normalized spacial score (nSPS) is 11.3. The average Bonchev–Trinajstić information content (AvgIpc) is 2.80. The number of ether oxygens (including phenoxy) is 1. The first-order valence-electron chi connectivity index (χ1n) is 11.5. The van der Waals surface area contributed by atoms with Crippen molar-refractivity contribution in [3.05, 3.63) is 65.7 Å². The molecule has 0 fully saturated rings. The van der Waals surface area contributed by atoms with Gasteiger partial charge in [-0.15, -0.1) is 4.83 Å². The van der Waals surface area contributed by atoms with Crippen molar-refractivity contribution in [3.8, 4) is 0 Å². The lowest BCUT2D eigenvalue weighted by Crippen LogP contribution is -2.47. The van der Waals surface area contributed by atoms with E-state index in [1.165, 1.54) is 17.1 Å². The molecular formula is C25H35N3O5S. The predicted molar refractivity (Wildman–Crippen MR) is 131 cm³/mol. The highest BCUT2D eigenvalue weighted by atomic mass is 32.2. The number of rotatable bonds is 13. The van der Waals surface area contributed by atoms with E-state index in [2.05, 4.69) is 10.1 Å². The molecule has 2 aromatic rings. The second kappa shape index (κ2) is 13.7. The van der Waals surface area contributed by atoms with Gasteiger partial charge >= 0.3 is 6.09 Å². The molecule has 0 aliphatic rings. The second-order valence-corrected chi connectivity index (χ2v) is 10.3. The quantitative estimate of drug-likeness (QED) is 0.325. The summed E-state index contributed by atoms with van der Waals surface area (Å²) >= 11 is 0. The second-order valence-electron chi connectivity index (χ2n) is 8.61. The summed E-state index contributed by atoms with van der Waals surface area (Å²) in [6.07, 6.45) is 1.72. The number of unbranched alkanes of at least 4 members (excludes halogenated alkanes) is 2. The minimum absolute atomic E-state index is 0.0933. The zero-order chi connectivity index (χ0) is 25.0. The predicted octanol–water partition coefficient (Wildman–Crippen LogP) is 4.16. The number of hydrogen-bond acceptors (Lipinski definition) is 5. The molecule has 0 unspecified atom stereocenters. The topological polar surface area (TPSA) is 105 Å². The summed E-state index contributed by atoms with van der Waals surface area (Å²) in [6.45, 7) is 6.65. The van der Waals surface area contributed by atoms with Gasteiger partial charge in [-0.25, -0.2) is 13.2 Å². The Hall–Kier alpha value is -2.91. The van der Waals surface area contributed by atoms with E-state index in [0.717, 1.165) is 11.1 Å². The van der Waals surface area contributed by atoms with Gasteiger partial charge < -0.3 is 10.1 Å². The summed E-state index contributed by atoms with van der Waals surface area (Å²) < 4.78 is 30.6. The van der Waals surface area contributed by atoms with Crippen LogP contribution in [-0.4, -0.2) is 38.5 Å². The lowest BCUT2D eigenvalue weighted by atomic mass is 10.1. The van der Waals surface area contributed by atoms with E-state index in [4.69, 9.17) is 4.74 Å². The molecule has 0 aromatic heterocycles. The monoisotopic (exact) mass is 489 g/mol. The van der Waals surface area contributed by atoms with Gasteiger partial charge in [-0.3, -0.25) is 9.80 Å². The molecule has 0 aliphatic carbocycles. The molecule has 8 nitrogen and oxygen atoms in total. The van der Waals surface area contributed by atoms with Crippen LogP contribution < -0.4 is 10.1 Å². The molecule has 2 N–H and O–H groups in total. The zero-order valence-corrected chi connectivity index (χ0v) is 20.9. The van der Waals surface area contributed by atoms with Gasteiger partial charge in [0.15, 0.2) is 0 Å². The highest BCUT2D eigenvalue weighted by molar-refractivity contribution is 7.89. The summed E-state index contributed by atoms with van der Waals surface area (Å²) in [7, 11) is -3.85. The zero-order valence-electron chi connectivity index (χ0n) is 20.1. The minimum atomic E-state index is -3.85. The number of aryl methyl sites for hydroxylation is 1. The molecule has 0 aliphatic heterocycles. The van der Waals surface area contributed by atoms with E-state index in [9.17, 15) is 18.0 Å². The van der Waals surface area contributed by atoms with Gasteiger partial charge in [0.1, 0.15) is 6.61 Å². The molecule has 0 spiro atoms. The number of amides is 2. The van der Waals surface area contributed by atoms with E-state index in [-0.39, 0.29) is 36.3 Å². The molecule has 9 heteroatoms.